The highest BCUT2D eigenvalue weighted by molar-refractivity contribution is 6.08. The molecule has 0 radical (unpaired) electrons. The van der Waals surface area contributed by atoms with Crippen molar-refractivity contribution in [1.82, 2.24) is 0 Å². The maximum absolute atomic E-state index is 13.1. The van der Waals surface area contributed by atoms with E-state index in [1.165, 1.54) is 12.1 Å². The fourth-order valence-corrected chi connectivity index (χ4v) is 4.58. The Kier molecular flexibility index (Phi) is 8.16. The Morgan fingerprint density at radius 3 is 2.22 bits per heavy atom. The first-order valence-corrected chi connectivity index (χ1v) is 12.3. The van der Waals surface area contributed by atoms with Gasteiger partial charge in [0.15, 0.2) is 0 Å². The van der Waals surface area contributed by atoms with E-state index < -0.39 is 11.7 Å². The van der Waals surface area contributed by atoms with Gasteiger partial charge in [-0.25, -0.2) is 0 Å². The maximum atomic E-state index is 13.1. The SMILES string of the molecule is CCOC(=O)CC1CCN(c2ccc(NC(=O)c3ccccc3-c3ccc(C(F)(F)F)cc3)cc2)CC1. The van der Waals surface area contributed by atoms with Crippen LogP contribution in [-0.4, -0.2) is 31.6 Å². The van der Waals surface area contributed by atoms with Crippen molar-refractivity contribution < 1.29 is 27.5 Å². The summed E-state index contributed by atoms with van der Waals surface area (Å²) in [5.74, 6) is -0.150. The molecule has 0 aromatic heterocycles. The molecule has 1 aliphatic heterocycles. The van der Waals surface area contributed by atoms with Crippen LogP contribution in [0, 0.1) is 5.92 Å². The number of halogens is 3. The van der Waals surface area contributed by atoms with Crippen molar-refractivity contribution in [2.24, 2.45) is 5.92 Å². The lowest BCUT2D eigenvalue weighted by atomic mass is 9.93. The van der Waals surface area contributed by atoms with Crippen LogP contribution in [0.5, 0.6) is 0 Å². The van der Waals surface area contributed by atoms with Gasteiger partial charge < -0.3 is 15.0 Å². The summed E-state index contributed by atoms with van der Waals surface area (Å²) in [5.41, 5.74) is 2.37. The van der Waals surface area contributed by atoms with Crippen LogP contribution in [-0.2, 0) is 15.7 Å². The number of piperidine rings is 1. The molecule has 0 atom stereocenters. The predicted molar refractivity (Wildman–Crippen MR) is 137 cm³/mol. The first kappa shape index (κ1) is 26.3. The molecule has 5 nitrogen and oxygen atoms in total. The van der Waals surface area contributed by atoms with Crippen molar-refractivity contribution in [2.75, 3.05) is 29.9 Å². The zero-order valence-electron chi connectivity index (χ0n) is 20.6. The van der Waals surface area contributed by atoms with E-state index in [1.807, 2.05) is 31.2 Å². The minimum atomic E-state index is -4.42. The van der Waals surface area contributed by atoms with Crippen LogP contribution in [0.4, 0.5) is 24.5 Å². The number of nitrogens with zero attached hydrogens (tertiary/aromatic N) is 1. The minimum Gasteiger partial charge on any atom is -0.466 e. The van der Waals surface area contributed by atoms with Gasteiger partial charge in [-0.05, 0) is 79.3 Å². The van der Waals surface area contributed by atoms with Gasteiger partial charge in [0.2, 0.25) is 0 Å². The molecule has 0 spiro atoms. The molecule has 0 aliphatic carbocycles. The molecule has 1 heterocycles. The molecule has 0 saturated carbocycles. The van der Waals surface area contributed by atoms with E-state index in [1.54, 1.807) is 24.3 Å². The van der Waals surface area contributed by atoms with Crippen molar-refractivity contribution in [3.05, 3.63) is 83.9 Å². The third-order valence-corrected chi connectivity index (χ3v) is 6.56. The van der Waals surface area contributed by atoms with Crippen LogP contribution >= 0.6 is 0 Å². The summed E-state index contributed by atoms with van der Waals surface area (Å²) in [7, 11) is 0. The van der Waals surface area contributed by atoms with Crippen molar-refractivity contribution in [1.29, 1.82) is 0 Å². The van der Waals surface area contributed by atoms with Gasteiger partial charge in [-0.1, -0.05) is 30.3 Å². The number of rotatable bonds is 7. The van der Waals surface area contributed by atoms with Crippen molar-refractivity contribution in [3.8, 4) is 11.1 Å². The summed E-state index contributed by atoms with van der Waals surface area (Å²) in [6, 6.07) is 19.2. The number of hydrogen-bond donors (Lipinski definition) is 1. The Balaban J connectivity index is 1.39. The second-order valence-electron chi connectivity index (χ2n) is 9.06. The second kappa shape index (κ2) is 11.5. The predicted octanol–water partition coefficient (Wildman–Crippen LogP) is 6.79. The van der Waals surface area contributed by atoms with Gasteiger partial charge in [0, 0.05) is 36.4 Å². The highest BCUT2D eigenvalue weighted by Crippen LogP contribution is 2.32. The smallest absolute Gasteiger partial charge is 0.416 e. The zero-order valence-corrected chi connectivity index (χ0v) is 20.6. The van der Waals surface area contributed by atoms with E-state index in [9.17, 15) is 22.8 Å². The molecule has 0 unspecified atom stereocenters. The van der Waals surface area contributed by atoms with Crippen LogP contribution in [0.2, 0.25) is 0 Å². The third kappa shape index (κ3) is 6.70. The molecule has 194 valence electrons. The van der Waals surface area contributed by atoms with Gasteiger partial charge in [-0.2, -0.15) is 13.2 Å². The quantitative estimate of drug-likeness (QED) is 0.356. The number of esters is 1. The summed E-state index contributed by atoms with van der Waals surface area (Å²) >= 11 is 0. The van der Waals surface area contributed by atoms with Crippen LogP contribution in [0.3, 0.4) is 0 Å². The fourth-order valence-electron chi connectivity index (χ4n) is 4.58. The molecular weight excluding hydrogens is 481 g/mol. The number of alkyl halides is 3. The lowest BCUT2D eigenvalue weighted by Crippen LogP contribution is -2.34. The van der Waals surface area contributed by atoms with Crippen molar-refractivity contribution in [3.63, 3.8) is 0 Å². The highest BCUT2D eigenvalue weighted by atomic mass is 19.4. The van der Waals surface area contributed by atoms with E-state index >= 15 is 0 Å². The normalized spacial score (nSPS) is 14.3. The van der Waals surface area contributed by atoms with E-state index in [-0.39, 0.29) is 11.9 Å². The molecule has 8 heteroatoms. The van der Waals surface area contributed by atoms with E-state index in [2.05, 4.69) is 10.2 Å². The third-order valence-electron chi connectivity index (χ3n) is 6.56. The average molecular weight is 511 g/mol. The lowest BCUT2D eigenvalue weighted by Gasteiger charge is -2.33. The number of carbonyl (C=O) groups excluding carboxylic acids is 2. The van der Waals surface area contributed by atoms with Gasteiger partial charge in [0.25, 0.3) is 5.91 Å². The molecule has 1 amide bonds. The standard InChI is InChI=1S/C29H29F3N2O3/c1-2-37-27(35)19-20-15-17-34(18-16-20)24-13-11-23(12-14-24)33-28(36)26-6-4-3-5-25(26)21-7-9-22(10-8-21)29(30,31)32/h3-14,20H,2,15-19H2,1H3,(H,33,36). The second-order valence-corrected chi connectivity index (χ2v) is 9.06. The van der Waals surface area contributed by atoms with Gasteiger partial charge in [0.1, 0.15) is 0 Å². The summed E-state index contributed by atoms with van der Waals surface area (Å²) in [6.45, 7) is 3.90. The molecule has 3 aromatic carbocycles. The lowest BCUT2D eigenvalue weighted by molar-refractivity contribution is -0.144. The van der Waals surface area contributed by atoms with Gasteiger partial charge in [-0.3, -0.25) is 9.59 Å². The summed E-state index contributed by atoms with van der Waals surface area (Å²) in [5, 5.41) is 2.89. The number of nitrogens with one attached hydrogen (secondary N) is 1. The summed E-state index contributed by atoms with van der Waals surface area (Å²) in [6.07, 6.45) is -2.13. The fraction of sp³-hybridized carbons (Fsp3) is 0.310. The van der Waals surface area contributed by atoms with E-state index in [0.717, 1.165) is 43.8 Å². The zero-order chi connectivity index (χ0) is 26.4. The Hall–Kier alpha value is -3.81. The van der Waals surface area contributed by atoms with Crippen molar-refractivity contribution in [2.45, 2.75) is 32.4 Å². The molecule has 0 bridgehead atoms. The monoisotopic (exact) mass is 510 g/mol. The number of benzene rings is 3. The first-order chi connectivity index (χ1) is 17.7. The molecule has 1 aliphatic rings. The Labute approximate surface area is 214 Å². The minimum absolute atomic E-state index is 0.138. The van der Waals surface area contributed by atoms with Crippen LogP contribution in [0.15, 0.2) is 72.8 Å². The van der Waals surface area contributed by atoms with E-state index in [4.69, 9.17) is 4.74 Å². The van der Waals surface area contributed by atoms with Crippen LogP contribution < -0.4 is 10.2 Å². The summed E-state index contributed by atoms with van der Waals surface area (Å²) in [4.78, 5) is 27.0. The highest BCUT2D eigenvalue weighted by Gasteiger charge is 2.30. The Morgan fingerprint density at radius 2 is 1.59 bits per heavy atom. The van der Waals surface area contributed by atoms with E-state index in [0.29, 0.717) is 41.3 Å². The molecular formula is C29H29F3N2O3. The van der Waals surface area contributed by atoms with Crippen LogP contribution in [0.25, 0.3) is 11.1 Å². The molecule has 1 fully saturated rings. The maximum Gasteiger partial charge on any atom is 0.416 e. The Bertz CT molecular complexity index is 1220. The summed E-state index contributed by atoms with van der Waals surface area (Å²) < 4.78 is 43.8. The average Bonchev–Trinajstić information content (AvgIpc) is 2.89. The molecule has 1 saturated heterocycles. The van der Waals surface area contributed by atoms with Gasteiger partial charge in [0.05, 0.1) is 12.2 Å². The van der Waals surface area contributed by atoms with Crippen molar-refractivity contribution >= 4 is 23.3 Å². The van der Waals surface area contributed by atoms with Gasteiger partial charge >= 0.3 is 12.1 Å². The molecule has 1 N–H and O–H groups in total. The number of hydrogen-bond acceptors (Lipinski definition) is 4. The number of amides is 1. The number of ether oxygens (including phenoxy) is 1. The number of anilines is 2. The largest absolute Gasteiger partial charge is 0.466 e. The Morgan fingerprint density at radius 1 is 0.946 bits per heavy atom. The molecule has 37 heavy (non-hydrogen) atoms. The van der Waals surface area contributed by atoms with Crippen LogP contribution in [0.1, 0.15) is 42.1 Å². The van der Waals surface area contributed by atoms with Gasteiger partial charge in [-0.15, -0.1) is 0 Å². The first-order valence-electron chi connectivity index (χ1n) is 12.3. The molecule has 3 aromatic rings. The topological polar surface area (TPSA) is 58.6 Å². The number of carbonyl (C=O) groups is 2. The molecule has 4 rings (SSSR count).